The summed E-state index contributed by atoms with van der Waals surface area (Å²) in [6, 6.07) is 7.97. The molecule has 0 radical (unpaired) electrons. The van der Waals surface area contributed by atoms with E-state index in [2.05, 4.69) is 13.8 Å². The van der Waals surface area contributed by atoms with Crippen LogP contribution in [-0.2, 0) is 9.05 Å². The van der Waals surface area contributed by atoms with Crippen LogP contribution < -0.4 is 10.0 Å². The summed E-state index contributed by atoms with van der Waals surface area (Å²) in [5, 5.41) is 1.11. The van der Waals surface area contributed by atoms with Gasteiger partial charge in [-0.1, -0.05) is 26.7 Å². The van der Waals surface area contributed by atoms with Gasteiger partial charge in [-0.05, 0) is 37.1 Å². The average Bonchev–Trinajstić information content (AvgIpc) is 2.46. The van der Waals surface area contributed by atoms with Gasteiger partial charge < -0.3 is 13.8 Å². The molecule has 0 bridgehead atoms. The van der Waals surface area contributed by atoms with Crippen LogP contribution >= 0.6 is 8.38 Å². The summed E-state index contributed by atoms with van der Waals surface area (Å²) in [4.78, 5) is 0. The van der Waals surface area contributed by atoms with Crippen LogP contribution in [0.5, 0.6) is 5.75 Å². The Balaban J connectivity index is 2.58. The fourth-order valence-corrected chi connectivity index (χ4v) is 2.83. The number of hydrogen-bond acceptors (Lipinski definition) is 3. The van der Waals surface area contributed by atoms with Gasteiger partial charge in [0.2, 0.25) is 8.38 Å². The fourth-order valence-electron chi connectivity index (χ4n) is 1.47. The van der Waals surface area contributed by atoms with E-state index in [1.165, 1.54) is 0 Å². The van der Waals surface area contributed by atoms with Crippen LogP contribution in [0, 0.1) is 0 Å². The highest BCUT2D eigenvalue weighted by Crippen LogP contribution is 2.38. The van der Waals surface area contributed by atoms with E-state index in [1.54, 1.807) is 7.11 Å². The summed E-state index contributed by atoms with van der Waals surface area (Å²) < 4.78 is 17.0. The molecule has 0 saturated heterocycles. The summed E-state index contributed by atoms with van der Waals surface area (Å²) >= 11 is 0. The standard InChI is InChI=1S/C15H25O3P/c1-4-6-12-17-19(18-13-7-5-2)15-10-8-14(16-3)9-11-15/h8-11H,4-7,12-13H2,1-3H3. The Kier molecular flexibility index (Phi) is 8.81. The maximum absolute atomic E-state index is 5.89. The third-order valence-corrected chi connectivity index (χ3v) is 4.25. The zero-order chi connectivity index (χ0) is 13.9. The van der Waals surface area contributed by atoms with Crippen LogP contribution in [0.2, 0.25) is 0 Å². The molecule has 4 heteroatoms. The van der Waals surface area contributed by atoms with E-state index in [9.17, 15) is 0 Å². The number of hydrogen-bond donors (Lipinski definition) is 0. The van der Waals surface area contributed by atoms with Gasteiger partial charge in [0.15, 0.2) is 0 Å². The third kappa shape index (κ3) is 6.38. The normalized spacial score (nSPS) is 10.9. The predicted molar refractivity (Wildman–Crippen MR) is 81.3 cm³/mol. The SMILES string of the molecule is CCCCOP(OCCCC)c1ccc(OC)cc1. The molecule has 1 aromatic rings. The van der Waals surface area contributed by atoms with E-state index in [1.807, 2.05) is 24.3 Å². The van der Waals surface area contributed by atoms with E-state index in [0.717, 1.165) is 50.0 Å². The van der Waals surface area contributed by atoms with Crippen molar-refractivity contribution < 1.29 is 13.8 Å². The lowest BCUT2D eigenvalue weighted by molar-refractivity contribution is 0.250. The quantitative estimate of drug-likeness (QED) is 0.474. The smallest absolute Gasteiger partial charge is 0.205 e. The second-order valence-corrected chi connectivity index (χ2v) is 5.88. The Morgan fingerprint density at radius 3 is 1.84 bits per heavy atom. The monoisotopic (exact) mass is 284 g/mol. The second kappa shape index (κ2) is 10.2. The van der Waals surface area contributed by atoms with Gasteiger partial charge in [-0.25, -0.2) is 0 Å². The van der Waals surface area contributed by atoms with Crippen LogP contribution in [0.15, 0.2) is 24.3 Å². The first-order chi connectivity index (χ1) is 9.31. The summed E-state index contributed by atoms with van der Waals surface area (Å²) in [6.45, 7) is 5.86. The van der Waals surface area contributed by atoms with Crippen LogP contribution in [0.1, 0.15) is 39.5 Å². The minimum absolute atomic E-state index is 0.764. The lowest BCUT2D eigenvalue weighted by atomic mass is 10.3. The summed E-state index contributed by atoms with van der Waals surface area (Å²) in [7, 11) is 0.722. The average molecular weight is 284 g/mol. The number of unbranched alkanes of at least 4 members (excludes halogenated alkanes) is 2. The van der Waals surface area contributed by atoms with E-state index in [-0.39, 0.29) is 0 Å². The highest BCUT2D eigenvalue weighted by molar-refractivity contribution is 7.56. The zero-order valence-electron chi connectivity index (χ0n) is 12.2. The molecule has 0 unspecified atom stereocenters. The lowest BCUT2D eigenvalue weighted by Gasteiger charge is -2.17. The number of rotatable bonds is 10. The Labute approximate surface area is 118 Å². The molecule has 0 fully saturated rings. The maximum Gasteiger partial charge on any atom is 0.205 e. The first kappa shape index (κ1) is 16.4. The van der Waals surface area contributed by atoms with Crippen LogP contribution in [0.3, 0.4) is 0 Å². The van der Waals surface area contributed by atoms with Crippen LogP contribution in [0.25, 0.3) is 0 Å². The molecule has 0 aromatic heterocycles. The molecule has 0 atom stereocenters. The first-order valence-corrected chi connectivity index (χ1v) is 8.19. The zero-order valence-corrected chi connectivity index (χ0v) is 13.1. The lowest BCUT2D eigenvalue weighted by Crippen LogP contribution is -2.07. The van der Waals surface area contributed by atoms with Gasteiger partial charge in [-0.3, -0.25) is 0 Å². The molecule has 0 spiro atoms. The topological polar surface area (TPSA) is 27.7 Å². The van der Waals surface area contributed by atoms with Crippen molar-refractivity contribution in [2.24, 2.45) is 0 Å². The van der Waals surface area contributed by atoms with Crippen molar-refractivity contribution in [2.45, 2.75) is 39.5 Å². The number of ether oxygens (including phenoxy) is 1. The van der Waals surface area contributed by atoms with Gasteiger partial charge in [0.05, 0.1) is 20.3 Å². The van der Waals surface area contributed by atoms with Gasteiger partial charge in [-0.15, -0.1) is 0 Å². The van der Waals surface area contributed by atoms with E-state index in [0.29, 0.717) is 0 Å². The molecule has 0 aliphatic rings. The molecule has 108 valence electrons. The summed E-state index contributed by atoms with van der Waals surface area (Å²) in [6.07, 6.45) is 4.43. The van der Waals surface area contributed by atoms with Crippen molar-refractivity contribution in [3.8, 4) is 5.75 Å². The van der Waals surface area contributed by atoms with Crippen molar-refractivity contribution in [3.63, 3.8) is 0 Å². The fraction of sp³-hybridized carbons (Fsp3) is 0.600. The van der Waals surface area contributed by atoms with Gasteiger partial charge in [0.1, 0.15) is 5.75 Å². The van der Waals surface area contributed by atoms with Gasteiger partial charge in [0.25, 0.3) is 0 Å². The summed E-state index contributed by atoms with van der Waals surface area (Å²) in [5.74, 6) is 0.862. The Hall–Kier alpha value is -0.630. The van der Waals surface area contributed by atoms with Crippen molar-refractivity contribution in [3.05, 3.63) is 24.3 Å². The molecule has 0 amide bonds. The number of methoxy groups -OCH3 is 1. The molecule has 19 heavy (non-hydrogen) atoms. The summed E-state index contributed by atoms with van der Waals surface area (Å²) in [5.41, 5.74) is 0. The van der Waals surface area contributed by atoms with Crippen LogP contribution in [0.4, 0.5) is 0 Å². The largest absolute Gasteiger partial charge is 0.497 e. The molecule has 3 nitrogen and oxygen atoms in total. The third-order valence-electron chi connectivity index (χ3n) is 2.70. The number of benzene rings is 1. The van der Waals surface area contributed by atoms with Crippen molar-refractivity contribution in [1.82, 2.24) is 0 Å². The van der Waals surface area contributed by atoms with Gasteiger partial charge in [-0.2, -0.15) is 0 Å². The Morgan fingerprint density at radius 1 is 0.895 bits per heavy atom. The van der Waals surface area contributed by atoms with E-state index < -0.39 is 8.38 Å². The highest BCUT2D eigenvalue weighted by atomic mass is 31.2. The molecule has 0 heterocycles. The van der Waals surface area contributed by atoms with E-state index in [4.69, 9.17) is 13.8 Å². The minimum atomic E-state index is -0.952. The van der Waals surface area contributed by atoms with Gasteiger partial charge >= 0.3 is 0 Å². The maximum atomic E-state index is 5.89. The highest BCUT2D eigenvalue weighted by Gasteiger charge is 2.13. The Bertz CT molecular complexity index is 317. The first-order valence-electron chi connectivity index (χ1n) is 7.01. The molecule has 1 aromatic carbocycles. The minimum Gasteiger partial charge on any atom is -0.497 e. The van der Waals surface area contributed by atoms with Crippen LogP contribution in [-0.4, -0.2) is 20.3 Å². The van der Waals surface area contributed by atoms with Crippen molar-refractivity contribution in [1.29, 1.82) is 0 Å². The van der Waals surface area contributed by atoms with Crippen molar-refractivity contribution in [2.75, 3.05) is 20.3 Å². The molecular weight excluding hydrogens is 259 g/mol. The molecular formula is C15H25O3P. The molecule has 0 N–H and O–H groups in total. The molecule has 0 saturated carbocycles. The molecule has 1 rings (SSSR count). The molecule has 0 aliphatic heterocycles. The Morgan fingerprint density at radius 2 is 1.42 bits per heavy atom. The van der Waals surface area contributed by atoms with Gasteiger partial charge in [0, 0.05) is 5.30 Å². The molecule has 0 aliphatic carbocycles. The van der Waals surface area contributed by atoms with Crippen molar-refractivity contribution >= 4 is 13.7 Å². The van der Waals surface area contributed by atoms with E-state index >= 15 is 0 Å². The second-order valence-electron chi connectivity index (χ2n) is 4.33. The predicted octanol–water partition coefficient (Wildman–Crippen LogP) is 4.27.